The van der Waals surface area contributed by atoms with Crippen LogP contribution < -0.4 is 16.7 Å². The Morgan fingerprint density at radius 2 is 2.21 bits per heavy atom. The number of aliphatic imine (C=N–C) groups is 1. The van der Waals surface area contributed by atoms with Crippen LogP contribution in [0.15, 0.2) is 4.99 Å². The molecule has 0 unspecified atom stereocenters. The average Bonchev–Trinajstić information content (AvgIpc) is 2.25. The summed E-state index contributed by atoms with van der Waals surface area (Å²) in [5.41, 5.74) is 5.65. The van der Waals surface area contributed by atoms with E-state index in [-0.39, 0.29) is 0 Å². The Morgan fingerprint density at radius 1 is 1.50 bits per heavy atom. The molecule has 6 heteroatoms. The van der Waals surface area contributed by atoms with Crippen LogP contribution in [-0.4, -0.2) is 43.8 Å². The summed E-state index contributed by atoms with van der Waals surface area (Å²) in [5, 5.41) is 2.04. The van der Waals surface area contributed by atoms with Gasteiger partial charge in [0.05, 0.1) is 13.2 Å². The lowest BCUT2D eigenvalue weighted by Gasteiger charge is -2.28. The quantitative estimate of drug-likeness (QED) is 0.238. The molecule has 0 aromatic rings. The molecule has 0 saturated carbocycles. The molecular formula is C8H19N5O. The summed E-state index contributed by atoms with van der Waals surface area (Å²) < 4.78 is 5.22. The van der Waals surface area contributed by atoms with E-state index >= 15 is 0 Å². The highest BCUT2D eigenvalue weighted by Crippen LogP contribution is 1.91. The van der Waals surface area contributed by atoms with Crippen LogP contribution in [0.25, 0.3) is 0 Å². The number of hydrogen-bond donors (Lipinski definition) is 3. The summed E-state index contributed by atoms with van der Waals surface area (Å²) in [6, 6.07) is 0. The van der Waals surface area contributed by atoms with Crippen molar-refractivity contribution in [1.82, 2.24) is 15.9 Å². The van der Waals surface area contributed by atoms with Crippen LogP contribution in [0, 0.1) is 0 Å². The van der Waals surface area contributed by atoms with Crippen LogP contribution in [0.1, 0.15) is 13.3 Å². The highest BCUT2D eigenvalue weighted by molar-refractivity contribution is 5.78. The number of nitrogens with zero attached hydrogens (tertiary/aromatic N) is 2. The van der Waals surface area contributed by atoms with Crippen molar-refractivity contribution < 1.29 is 4.74 Å². The maximum Gasteiger partial charge on any atom is 0.220 e. The topological polar surface area (TPSA) is 74.9 Å². The first-order valence-corrected chi connectivity index (χ1v) is 4.97. The minimum atomic E-state index is 0.619. The van der Waals surface area contributed by atoms with Gasteiger partial charge in [0, 0.05) is 19.6 Å². The van der Waals surface area contributed by atoms with Gasteiger partial charge in [-0.3, -0.25) is 15.8 Å². The van der Waals surface area contributed by atoms with Crippen molar-refractivity contribution in [1.29, 1.82) is 0 Å². The number of ether oxygens (including phenoxy) is 1. The molecular weight excluding hydrogens is 182 g/mol. The summed E-state index contributed by atoms with van der Waals surface area (Å²) in [5.74, 6) is 5.95. The van der Waals surface area contributed by atoms with Crippen LogP contribution in [0.2, 0.25) is 0 Å². The van der Waals surface area contributed by atoms with Crippen molar-refractivity contribution in [2.24, 2.45) is 10.8 Å². The van der Waals surface area contributed by atoms with Crippen molar-refractivity contribution in [2.45, 2.75) is 13.3 Å². The molecule has 14 heavy (non-hydrogen) atoms. The first-order chi connectivity index (χ1) is 6.86. The molecule has 82 valence electrons. The minimum absolute atomic E-state index is 0.619. The Labute approximate surface area is 84.4 Å². The van der Waals surface area contributed by atoms with Gasteiger partial charge < -0.3 is 4.74 Å². The van der Waals surface area contributed by atoms with Crippen molar-refractivity contribution in [2.75, 3.05) is 32.8 Å². The predicted molar refractivity (Wildman–Crippen MR) is 55.4 cm³/mol. The summed E-state index contributed by atoms with van der Waals surface area (Å²) in [4.78, 5) is 4.24. The number of nitrogens with two attached hydrogens (primary N) is 1. The highest BCUT2D eigenvalue weighted by Gasteiger charge is 2.10. The zero-order valence-electron chi connectivity index (χ0n) is 8.62. The van der Waals surface area contributed by atoms with Gasteiger partial charge in [-0.15, -0.1) is 0 Å². The van der Waals surface area contributed by atoms with Crippen LogP contribution in [0.5, 0.6) is 0 Å². The second-order valence-corrected chi connectivity index (χ2v) is 3.09. The number of morpholine rings is 1. The van der Waals surface area contributed by atoms with Crippen molar-refractivity contribution >= 4 is 5.96 Å². The van der Waals surface area contributed by atoms with Crippen molar-refractivity contribution in [3.05, 3.63) is 0 Å². The average molecular weight is 201 g/mol. The predicted octanol–water partition coefficient (Wildman–Crippen LogP) is -0.947. The molecule has 4 N–H and O–H groups in total. The molecule has 0 amide bonds. The summed E-state index contributed by atoms with van der Waals surface area (Å²) >= 11 is 0. The zero-order chi connectivity index (χ0) is 10.2. The first-order valence-electron chi connectivity index (χ1n) is 4.97. The Kier molecular flexibility index (Phi) is 5.28. The molecule has 0 radical (unpaired) electrons. The van der Waals surface area contributed by atoms with Crippen LogP contribution in [-0.2, 0) is 4.74 Å². The fraction of sp³-hybridized carbons (Fsp3) is 0.875. The molecule has 1 aliphatic rings. The maximum absolute atomic E-state index is 5.33. The molecule has 1 heterocycles. The summed E-state index contributed by atoms with van der Waals surface area (Å²) in [6.45, 7) is 6.06. The third kappa shape index (κ3) is 3.91. The number of guanidine groups is 1. The zero-order valence-corrected chi connectivity index (χ0v) is 8.62. The second-order valence-electron chi connectivity index (χ2n) is 3.09. The largest absolute Gasteiger partial charge is 0.379 e. The Morgan fingerprint density at radius 3 is 2.79 bits per heavy atom. The molecule has 1 fully saturated rings. The van der Waals surface area contributed by atoms with E-state index in [1.807, 2.05) is 5.01 Å². The van der Waals surface area contributed by atoms with Gasteiger partial charge in [-0.05, 0) is 6.42 Å². The highest BCUT2D eigenvalue weighted by atomic mass is 16.5. The minimum Gasteiger partial charge on any atom is -0.379 e. The number of hydrazine groups is 2. The lowest BCUT2D eigenvalue weighted by atomic mass is 10.5. The van der Waals surface area contributed by atoms with E-state index in [2.05, 4.69) is 22.8 Å². The SMILES string of the molecule is CCCN=C(NN)NN1CCOCC1. The molecule has 6 nitrogen and oxygen atoms in total. The number of rotatable bonds is 3. The lowest BCUT2D eigenvalue weighted by molar-refractivity contribution is 0.0241. The van der Waals surface area contributed by atoms with Crippen LogP contribution >= 0.6 is 0 Å². The third-order valence-corrected chi connectivity index (χ3v) is 1.91. The van der Waals surface area contributed by atoms with Gasteiger partial charge in [-0.25, -0.2) is 10.9 Å². The molecule has 1 aliphatic heterocycles. The second kappa shape index (κ2) is 6.58. The van der Waals surface area contributed by atoms with Gasteiger partial charge in [0.15, 0.2) is 0 Å². The van der Waals surface area contributed by atoms with Gasteiger partial charge in [0.1, 0.15) is 0 Å². The van der Waals surface area contributed by atoms with E-state index in [0.717, 1.165) is 39.3 Å². The molecule has 1 saturated heterocycles. The van der Waals surface area contributed by atoms with E-state index in [1.54, 1.807) is 0 Å². The van der Waals surface area contributed by atoms with E-state index < -0.39 is 0 Å². The Balaban J connectivity index is 2.30. The van der Waals surface area contributed by atoms with Gasteiger partial charge in [-0.1, -0.05) is 6.92 Å². The molecule has 0 atom stereocenters. The third-order valence-electron chi connectivity index (χ3n) is 1.91. The molecule has 0 spiro atoms. The van der Waals surface area contributed by atoms with E-state index in [4.69, 9.17) is 10.6 Å². The fourth-order valence-electron chi connectivity index (χ4n) is 1.16. The fourth-order valence-corrected chi connectivity index (χ4v) is 1.16. The standard InChI is InChI=1S/C8H19N5O/c1-2-3-10-8(11-9)12-13-4-6-14-7-5-13/h2-7,9H2,1H3,(H2,10,11,12). The van der Waals surface area contributed by atoms with Gasteiger partial charge in [0.2, 0.25) is 5.96 Å². The van der Waals surface area contributed by atoms with Gasteiger partial charge >= 0.3 is 0 Å². The van der Waals surface area contributed by atoms with E-state index in [1.165, 1.54) is 0 Å². The molecule has 0 bridgehead atoms. The van der Waals surface area contributed by atoms with Crippen molar-refractivity contribution in [3.63, 3.8) is 0 Å². The molecule has 1 rings (SSSR count). The molecule has 0 aliphatic carbocycles. The van der Waals surface area contributed by atoms with Crippen LogP contribution in [0.3, 0.4) is 0 Å². The van der Waals surface area contributed by atoms with E-state index in [0.29, 0.717) is 5.96 Å². The smallest absolute Gasteiger partial charge is 0.220 e. The Bertz CT molecular complexity index is 179. The maximum atomic E-state index is 5.33. The van der Waals surface area contributed by atoms with Crippen LogP contribution in [0.4, 0.5) is 0 Å². The number of nitrogens with one attached hydrogen (secondary N) is 2. The van der Waals surface area contributed by atoms with E-state index in [9.17, 15) is 0 Å². The monoisotopic (exact) mass is 201 g/mol. The van der Waals surface area contributed by atoms with Gasteiger partial charge in [-0.2, -0.15) is 0 Å². The summed E-state index contributed by atoms with van der Waals surface area (Å²) in [6.07, 6.45) is 1.01. The first kappa shape index (κ1) is 11.2. The normalized spacial score (nSPS) is 19.4. The lowest BCUT2D eigenvalue weighted by Crippen LogP contribution is -2.54. The Hall–Kier alpha value is -0.850. The van der Waals surface area contributed by atoms with Gasteiger partial charge in [0.25, 0.3) is 0 Å². The summed E-state index contributed by atoms with van der Waals surface area (Å²) in [7, 11) is 0. The number of hydrogen-bond acceptors (Lipinski definition) is 4. The van der Waals surface area contributed by atoms with Crippen molar-refractivity contribution in [3.8, 4) is 0 Å². The molecule has 0 aromatic carbocycles. The molecule has 0 aromatic heterocycles.